The molecule has 1 saturated heterocycles. The van der Waals surface area contributed by atoms with Crippen molar-refractivity contribution in [3.63, 3.8) is 0 Å². The van der Waals surface area contributed by atoms with E-state index in [1.165, 1.54) is 24.5 Å². The van der Waals surface area contributed by atoms with E-state index in [4.69, 9.17) is 10.2 Å². The Labute approximate surface area is 194 Å². The molecule has 0 aliphatic carbocycles. The van der Waals surface area contributed by atoms with Gasteiger partial charge in [-0.3, -0.25) is 9.59 Å². The molecule has 2 amide bonds. The number of nitrogens with one attached hydrogen (secondary N) is 2. The van der Waals surface area contributed by atoms with Crippen molar-refractivity contribution in [1.82, 2.24) is 14.9 Å². The van der Waals surface area contributed by atoms with E-state index in [0.29, 0.717) is 24.4 Å². The Morgan fingerprint density at radius 2 is 2.00 bits per heavy atom. The smallest absolute Gasteiger partial charge is 0.243 e. The van der Waals surface area contributed by atoms with E-state index in [-0.39, 0.29) is 29.2 Å². The molecule has 0 radical (unpaired) electrons. The molecule has 178 valence electrons. The zero-order valence-corrected chi connectivity index (χ0v) is 19.2. The number of carbonyl (C=O) groups excluding carboxylic acids is 2. The third-order valence-corrected chi connectivity index (χ3v) is 6.91. The molecule has 0 bridgehead atoms. The van der Waals surface area contributed by atoms with Gasteiger partial charge in [-0.15, -0.1) is 0 Å². The molecule has 0 spiro atoms. The van der Waals surface area contributed by atoms with Crippen LogP contribution < -0.4 is 15.8 Å². The van der Waals surface area contributed by atoms with Crippen molar-refractivity contribution in [3.05, 3.63) is 60.1 Å². The highest BCUT2D eigenvalue weighted by Crippen LogP contribution is 2.16. The van der Waals surface area contributed by atoms with E-state index < -0.39 is 10.0 Å². The Kier molecular flexibility index (Phi) is 8.81. The van der Waals surface area contributed by atoms with Gasteiger partial charge in [-0.25, -0.2) is 13.1 Å². The normalized spacial score (nSPS) is 17.3. The maximum absolute atomic E-state index is 12.4. The first-order valence-corrected chi connectivity index (χ1v) is 12.4. The van der Waals surface area contributed by atoms with Crippen molar-refractivity contribution in [1.29, 1.82) is 0 Å². The number of amides is 2. The predicted molar refractivity (Wildman–Crippen MR) is 124 cm³/mol. The highest BCUT2D eigenvalue weighted by atomic mass is 32.2. The third-order valence-electron chi connectivity index (χ3n) is 5.49. The highest BCUT2D eigenvalue weighted by Gasteiger charge is 2.23. The van der Waals surface area contributed by atoms with Gasteiger partial charge in [0.1, 0.15) is 5.76 Å². The lowest BCUT2D eigenvalue weighted by molar-refractivity contribution is -0.123. The first kappa shape index (κ1) is 24.7. The first-order valence-electron chi connectivity index (χ1n) is 10.9. The van der Waals surface area contributed by atoms with Gasteiger partial charge in [-0.2, -0.15) is 0 Å². The molecule has 0 saturated carbocycles. The molecule has 1 fully saturated rings. The van der Waals surface area contributed by atoms with Gasteiger partial charge in [0.15, 0.2) is 0 Å². The Balaban J connectivity index is 1.39. The number of piperidine rings is 1. The summed E-state index contributed by atoms with van der Waals surface area (Å²) in [5.74, 6) is -0.0197. The molecule has 1 aromatic heterocycles. The van der Waals surface area contributed by atoms with Gasteiger partial charge >= 0.3 is 0 Å². The van der Waals surface area contributed by atoms with Crippen molar-refractivity contribution in [2.45, 2.75) is 30.7 Å². The van der Waals surface area contributed by atoms with Crippen molar-refractivity contribution in [2.75, 3.05) is 26.2 Å². The molecule has 9 nitrogen and oxygen atoms in total. The minimum atomic E-state index is -3.66. The molecule has 1 aliphatic heterocycles. The van der Waals surface area contributed by atoms with Crippen LogP contribution in [-0.2, 0) is 26.2 Å². The second-order valence-corrected chi connectivity index (χ2v) is 9.76. The lowest BCUT2D eigenvalue weighted by Gasteiger charge is -2.31. The number of sulfonamides is 1. The zero-order valence-electron chi connectivity index (χ0n) is 18.4. The van der Waals surface area contributed by atoms with E-state index in [1.54, 1.807) is 30.3 Å². The first-order chi connectivity index (χ1) is 15.8. The van der Waals surface area contributed by atoms with Crippen molar-refractivity contribution < 1.29 is 22.4 Å². The van der Waals surface area contributed by atoms with Crippen molar-refractivity contribution in [2.24, 2.45) is 11.7 Å². The number of carbonyl (C=O) groups is 2. The fourth-order valence-corrected chi connectivity index (χ4v) is 4.65. The van der Waals surface area contributed by atoms with Crippen LogP contribution >= 0.6 is 0 Å². The molecule has 4 N–H and O–H groups in total. The molecule has 1 aromatic carbocycles. The van der Waals surface area contributed by atoms with Gasteiger partial charge in [0.2, 0.25) is 21.8 Å². The van der Waals surface area contributed by atoms with Crippen molar-refractivity contribution >= 4 is 27.9 Å². The molecule has 2 heterocycles. The average Bonchev–Trinajstić information content (AvgIpc) is 3.34. The largest absolute Gasteiger partial charge is 0.468 e. The lowest BCUT2D eigenvalue weighted by atomic mass is 9.97. The van der Waals surface area contributed by atoms with Gasteiger partial charge in [-0.05, 0) is 68.3 Å². The number of primary amides is 1. The van der Waals surface area contributed by atoms with Gasteiger partial charge in [0, 0.05) is 19.2 Å². The number of hydrogen-bond donors (Lipinski definition) is 3. The van der Waals surface area contributed by atoms with Crippen LogP contribution in [0.5, 0.6) is 0 Å². The third kappa shape index (κ3) is 7.85. The van der Waals surface area contributed by atoms with Crippen LogP contribution in [0.4, 0.5) is 0 Å². The average molecular weight is 475 g/mol. The Morgan fingerprint density at radius 3 is 2.70 bits per heavy atom. The summed E-state index contributed by atoms with van der Waals surface area (Å²) in [4.78, 5) is 25.7. The monoisotopic (exact) mass is 474 g/mol. The van der Waals surface area contributed by atoms with Crippen LogP contribution in [0.2, 0.25) is 0 Å². The van der Waals surface area contributed by atoms with Crippen LogP contribution in [-0.4, -0.2) is 51.3 Å². The number of rotatable bonds is 11. The zero-order chi connectivity index (χ0) is 23.7. The molecule has 1 aliphatic rings. The maximum atomic E-state index is 12.4. The molecule has 3 rings (SSSR count). The standard InChI is InChI=1S/C23H30N4O5S/c24-23(29)19-4-1-13-27(17-19)14-3-12-25-22(28)11-8-18-6-9-21(10-7-18)33(30,31)26-16-20-5-2-15-32-20/h2,5-11,15,19,26H,1,3-4,12-14,16-17H2,(H2,24,29)(H,25,28)/b11-8+. The van der Waals surface area contributed by atoms with Crippen LogP contribution in [0, 0.1) is 5.92 Å². The summed E-state index contributed by atoms with van der Waals surface area (Å²) in [5, 5.41) is 2.83. The number of likely N-dealkylation sites (tertiary alicyclic amines) is 1. The van der Waals surface area contributed by atoms with Crippen LogP contribution in [0.25, 0.3) is 6.08 Å². The molecular formula is C23H30N4O5S. The molecular weight excluding hydrogens is 444 g/mol. The SMILES string of the molecule is NC(=O)C1CCCN(CCCNC(=O)/C=C/c2ccc(S(=O)(=O)NCc3ccco3)cc2)C1. The minimum absolute atomic E-state index is 0.0701. The van der Waals surface area contributed by atoms with E-state index in [1.807, 2.05) is 0 Å². The van der Waals surface area contributed by atoms with Gasteiger partial charge in [-0.1, -0.05) is 12.1 Å². The predicted octanol–water partition coefficient (Wildman–Crippen LogP) is 1.47. The second kappa shape index (κ2) is 11.8. The van der Waals surface area contributed by atoms with E-state index in [0.717, 1.165) is 32.4 Å². The Morgan fingerprint density at radius 1 is 1.21 bits per heavy atom. The quantitative estimate of drug-likeness (QED) is 0.333. The molecule has 2 aromatic rings. The van der Waals surface area contributed by atoms with Crippen molar-refractivity contribution in [3.8, 4) is 0 Å². The topological polar surface area (TPSA) is 135 Å². The number of hydrogen-bond acceptors (Lipinski definition) is 6. The number of nitrogens with two attached hydrogens (primary N) is 1. The Bertz CT molecular complexity index is 1050. The maximum Gasteiger partial charge on any atom is 0.243 e. The van der Waals surface area contributed by atoms with Crippen LogP contribution in [0.3, 0.4) is 0 Å². The van der Waals surface area contributed by atoms with Gasteiger partial charge in [0.05, 0.1) is 23.6 Å². The lowest BCUT2D eigenvalue weighted by Crippen LogP contribution is -2.42. The number of nitrogens with zero attached hydrogens (tertiary/aromatic N) is 1. The summed E-state index contributed by atoms with van der Waals surface area (Å²) >= 11 is 0. The Hall–Kier alpha value is -2.95. The summed E-state index contributed by atoms with van der Waals surface area (Å²) in [6, 6.07) is 9.62. The molecule has 33 heavy (non-hydrogen) atoms. The van der Waals surface area contributed by atoms with E-state index >= 15 is 0 Å². The summed E-state index contributed by atoms with van der Waals surface area (Å²) in [5.41, 5.74) is 6.11. The number of benzene rings is 1. The van der Waals surface area contributed by atoms with Crippen LogP contribution in [0.15, 0.2) is 58.1 Å². The highest BCUT2D eigenvalue weighted by molar-refractivity contribution is 7.89. The minimum Gasteiger partial charge on any atom is -0.468 e. The summed E-state index contributed by atoms with van der Waals surface area (Å²) in [6.07, 6.45) is 7.12. The number of furan rings is 1. The molecule has 1 atom stereocenters. The summed E-state index contributed by atoms with van der Waals surface area (Å²) < 4.78 is 32.3. The van der Waals surface area contributed by atoms with E-state index in [2.05, 4.69) is 14.9 Å². The fourth-order valence-electron chi connectivity index (χ4n) is 3.66. The molecule has 10 heteroatoms. The van der Waals surface area contributed by atoms with Crippen LogP contribution in [0.1, 0.15) is 30.6 Å². The summed E-state index contributed by atoms with van der Waals surface area (Å²) in [7, 11) is -3.66. The fraction of sp³-hybridized carbons (Fsp3) is 0.391. The second-order valence-electron chi connectivity index (χ2n) is 7.99. The molecule has 1 unspecified atom stereocenters. The van der Waals surface area contributed by atoms with E-state index in [9.17, 15) is 18.0 Å². The van der Waals surface area contributed by atoms with Gasteiger partial charge in [0.25, 0.3) is 0 Å². The summed E-state index contributed by atoms with van der Waals surface area (Å²) in [6.45, 7) is 3.03. The van der Waals surface area contributed by atoms with Gasteiger partial charge < -0.3 is 20.4 Å².